The SMILES string of the molecule is CC(C)(C)[Si](OCCCCC[C@@H]1CCC[C@@H]2[C@H]1CCCN2C[C@H](O)c1ccccc1)(c1ccccc1)c1ccccc1. The van der Waals surface area contributed by atoms with Crippen LogP contribution in [0.15, 0.2) is 91.0 Å². The second kappa shape index (κ2) is 14.5. The Balaban J connectivity index is 1.15. The van der Waals surface area contributed by atoms with Gasteiger partial charge in [-0.3, -0.25) is 4.90 Å². The van der Waals surface area contributed by atoms with Gasteiger partial charge in [0.25, 0.3) is 8.32 Å². The van der Waals surface area contributed by atoms with E-state index in [9.17, 15) is 5.11 Å². The van der Waals surface area contributed by atoms with Crippen molar-refractivity contribution < 1.29 is 9.53 Å². The van der Waals surface area contributed by atoms with Crippen molar-refractivity contribution in [2.45, 2.75) is 95.7 Å². The minimum atomic E-state index is -2.44. The van der Waals surface area contributed by atoms with Crippen LogP contribution in [0, 0.1) is 11.8 Å². The molecule has 42 heavy (non-hydrogen) atoms. The molecule has 226 valence electrons. The van der Waals surface area contributed by atoms with Crippen LogP contribution in [0.2, 0.25) is 5.04 Å². The van der Waals surface area contributed by atoms with Crippen LogP contribution >= 0.6 is 0 Å². The molecule has 1 N–H and O–H groups in total. The van der Waals surface area contributed by atoms with Gasteiger partial charge in [-0.25, -0.2) is 0 Å². The molecular formula is C38H53NO2Si. The third-order valence-corrected chi connectivity index (χ3v) is 15.2. The lowest BCUT2D eigenvalue weighted by Crippen LogP contribution is -2.66. The molecule has 4 atom stereocenters. The number of aliphatic hydroxyl groups is 1. The molecule has 1 saturated carbocycles. The van der Waals surface area contributed by atoms with Gasteiger partial charge in [0.05, 0.1) is 6.10 Å². The summed E-state index contributed by atoms with van der Waals surface area (Å²) in [5.74, 6) is 1.63. The molecule has 5 rings (SSSR count). The van der Waals surface area contributed by atoms with Gasteiger partial charge in [0.1, 0.15) is 0 Å². The number of hydrogen-bond acceptors (Lipinski definition) is 3. The summed E-state index contributed by atoms with van der Waals surface area (Å²) < 4.78 is 7.14. The average Bonchev–Trinajstić information content (AvgIpc) is 3.01. The lowest BCUT2D eigenvalue weighted by Gasteiger charge is -2.48. The van der Waals surface area contributed by atoms with Gasteiger partial charge < -0.3 is 9.53 Å². The zero-order chi connectivity index (χ0) is 29.4. The Morgan fingerprint density at radius 3 is 2.02 bits per heavy atom. The molecule has 1 heterocycles. The predicted octanol–water partition coefficient (Wildman–Crippen LogP) is 7.74. The molecule has 0 aromatic heterocycles. The van der Waals surface area contributed by atoms with Gasteiger partial charge in [0.15, 0.2) is 0 Å². The standard InChI is InChI=1S/C38H53NO2Si/c1-38(2,3)42(33-22-11-5-12-23-33,34-24-13-6-14-25-34)41-29-15-7-10-18-31-21-16-27-36-35(31)26-17-28-39(36)30-37(40)32-19-8-4-9-20-32/h4-6,8-9,11-14,19-20,22-25,31,35-37,40H,7,10,15-18,21,26-30H2,1-3H3/t31-,35+,36-,37+/m1/s1. The molecule has 0 bridgehead atoms. The van der Waals surface area contributed by atoms with E-state index in [1.807, 2.05) is 18.2 Å². The Morgan fingerprint density at radius 1 is 0.786 bits per heavy atom. The smallest absolute Gasteiger partial charge is 0.261 e. The first-order chi connectivity index (χ1) is 20.4. The van der Waals surface area contributed by atoms with Crippen LogP contribution in [0.25, 0.3) is 0 Å². The fourth-order valence-corrected chi connectivity index (χ4v) is 12.8. The summed E-state index contributed by atoms with van der Waals surface area (Å²) >= 11 is 0. The molecule has 2 fully saturated rings. The van der Waals surface area contributed by atoms with Crippen molar-refractivity contribution in [3.05, 3.63) is 96.6 Å². The normalized spacial score (nSPS) is 22.4. The molecule has 1 aliphatic heterocycles. The number of likely N-dealkylation sites (tertiary alicyclic amines) is 1. The minimum absolute atomic E-state index is 0.0355. The van der Waals surface area contributed by atoms with Crippen LogP contribution in [0.1, 0.15) is 90.2 Å². The van der Waals surface area contributed by atoms with Crippen LogP contribution in [-0.2, 0) is 4.43 Å². The zero-order valence-corrected chi connectivity index (χ0v) is 27.3. The fraction of sp³-hybridized carbons (Fsp3) is 0.526. The molecule has 4 heteroatoms. The summed E-state index contributed by atoms with van der Waals surface area (Å²) in [7, 11) is -2.44. The number of rotatable bonds is 12. The summed E-state index contributed by atoms with van der Waals surface area (Å²) in [4.78, 5) is 2.63. The van der Waals surface area contributed by atoms with Gasteiger partial charge in [-0.1, -0.05) is 144 Å². The highest BCUT2D eigenvalue weighted by atomic mass is 28.4. The van der Waals surface area contributed by atoms with E-state index in [-0.39, 0.29) is 11.1 Å². The second-order valence-corrected chi connectivity index (χ2v) is 18.2. The van der Waals surface area contributed by atoms with E-state index in [1.165, 1.54) is 61.7 Å². The Hall–Kier alpha value is -2.24. The average molecular weight is 584 g/mol. The van der Waals surface area contributed by atoms with Crippen molar-refractivity contribution in [2.75, 3.05) is 19.7 Å². The van der Waals surface area contributed by atoms with Crippen LogP contribution in [-0.4, -0.2) is 44.1 Å². The Bertz CT molecular complexity index is 1160. The van der Waals surface area contributed by atoms with E-state index in [0.29, 0.717) is 6.04 Å². The molecule has 3 nitrogen and oxygen atoms in total. The Morgan fingerprint density at radius 2 is 1.40 bits per heavy atom. The third-order valence-electron chi connectivity index (χ3n) is 10.2. The number of piperidine rings is 1. The van der Waals surface area contributed by atoms with E-state index < -0.39 is 8.32 Å². The van der Waals surface area contributed by atoms with Gasteiger partial charge in [0.2, 0.25) is 0 Å². The first-order valence-corrected chi connectivity index (χ1v) is 18.5. The highest BCUT2D eigenvalue weighted by Gasteiger charge is 2.50. The number of aliphatic hydroxyl groups excluding tert-OH is 1. The first-order valence-electron chi connectivity index (χ1n) is 16.6. The van der Waals surface area contributed by atoms with Gasteiger partial charge in [-0.15, -0.1) is 0 Å². The van der Waals surface area contributed by atoms with Crippen molar-refractivity contribution in [1.29, 1.82) is 0 Å². The largest absolute Gasteiger partial charge is 0.407 e. The quantitative estimate of drug-likeness (QED) is 0.175. The summed E-state index contributed by atoms with van der Waals surface area (Å²) in [5.41, 5.74) is 1.05. The molecule has 1 saturated heterocycles. The van der Waals surface area contributed by atoms with Crippen molar-refractivity contribution in [2.24, 2.45) is 11.8 Å². The van der Waals surface area contributed by atoms with E-state index in [0.717, 1.165) is 43.5 Å². The van der Waals surface area contributed by atoms with Crippen molar-refractivity contribution in [3.63, 3.8) is 0 Å². The van der Waals surface area contributed by atoms with E-state index in [2.05, 4.69) is 98.5 Å². The third kappa shape index (κ3) is 7.10. The van der Waals surface area contributed by atoms with Crippen molar-refractivity contribution in [1.82, 2.24) is 4.90 Å². The topological polar surface area (TPSA) is 32.7 Å². The lowest BCUT2D eigenvalue weighted by atomic mass is 9.69. The first kappa shape index (κ1) is 31.2. The molecule has 0 unspecified atom stereocenters. The van der Waals surface area contributed by atoms with Crippen LogP contribution in [0.5, 0.6) is 0 Å². The molecule has 3 aromatic carbocycles. The maximum Gasteiger partial charge on any atom is 0.261 e. The molecular weight excluding hydrogens is 531 g/mol. The maximum absolute atomic E-state index is 11.0. The van der Waals surface area contributed by atoms with Gasteiger partial charge in [0, 0.05) is 19.2 Å². The lowest BCUT2D eigenvalue weighted by molar-refractivity contribution is -0.00521. The maximum atomic E-state index is 11.0. The molecule has 3 aromatic rings. The number of nitrogens with zero attached hydrogens (tertiary/aromatic N) is 1. The minimum Gasteiger partial charge on any atom is -0.407 e. The summed E-state index contributed by atoms with van der Waals surface area (Å²) in [6, 6.07) is 32.9. The number of β-amino-alcohol motifs (C(OH)–C–C–N with tert-alkyl or cyclic N) is 1. The Kier molecular flexibility index (Phi) is 10.8. The number of benzene rings is 3. The zero-order valence-electron chi connectivity index (χ0n) is 26.3. The van der Waals surface area contributed by atoms with Gasteiger partial charge in [-0.05, 0) is 65.0 Å². The summed E-state index contributed by atoms with van der Waals surface area (Å²) in [6.45, 7) is 9.84. The number of unbranched alkanes of at least 4 members (excludes halogenated alkanes) is 2. The fourth-order valence-electron chi connectivity index (χ4n) is 8.17. The molecule has 1 aliphatic carbocycles. The van der Waals surface area contributed by atoms with Crippen LogP contribution < -0.4 is 10.4 Å². The number of hydrogen-bond donors (Lipinski definition) is 1. The van der Waals surface area contributed by atoms with E-state index >= 15 is 0 Å². The van der Waals surface area contributed by atoms with Gasteiger partial charge >= 0.3 is 0 Å². The highest BCUT2D eigenvalue weighted by Crippen LogP contribution is 2.42. The molecule has 0 radical (unpaired) electrons. The van der Waals surface area contributed by atoms with Crippen molar-refractivity contribution in [3.8, 4) is 0 Å². The van der Waals surface area contributed by atoms with Crippen LogP contribution in [0.4, 0.5) is 0 Å². The summed E-state index contributed by atoms with van der Waals surface area (Å²) in [5, 5.41) is 13.7. The molecule has 2 aliphatic rings. The summed E-state index contributed by atoms with van der Waals surface area (Å²) in [6.07, 6.45) is 11.3. The predicted molar refractivity (Wildman–Crippen MR) is 179 cm³/mol. The number of fused-ring (bicyclic) bond motifs is 1. The second-order valence-electron chi connectivity index (χ2n) is 13.8. The molecule has 0 amide bonds. The highest BCUT2D eigenvalue weighted by molar-refractivity contribution is 6.99. The van der Waals surface area contributed by atoms with Crippen molar-refractivity contribution >= 4 is 18.7 Å². The van der Waals surface area contributed by atoms with E-state index in [1.54, 1.807) is 0 Å². The molecule has 0 spiro atoms. The Labute approximate surface area is 256 Å². The van der Waals surface area contributed by atoms with Crippen LogP contribution in [0.3, 0.4) is 0 Å². The monoisotopic (exact) mass is 583 g/mol. The van der Waals surface area contributed by atoms with E-state index in [4.69, 9.17) is 4.43 Å². The van der Waals surface area contributed by atoms with Gasteiger partial charge in [-0.2, -0.15) is 0 Å².